The fourth-order valence-corrected chi connectivity index (χ4v) is 2.72. The lowest BCUT2D eigenvalue weighted by Crippen LogP contribution is -2.38. The minimum atomic E-state index is -0.139. The van der Waals surface area contributed by atoms with Crippen LogP contribution in [0.5, 0.6) is 0 Å². The van der Waals surface area contributed by atoms with Crippen LogP contribution in [0.3, 0.4) is 0 Å². The number of nitrogens with zero attached hydrogens (tertiary/aromatic N) is 1. The normalized spacial score (nSPS) is 19.5. The van der Waals surface area contributed by atoms with Crippen LogP contribution >= 0.6 is 0 Å². The molecule has 3 heteroatoms. The fourth-order valence-electron chi connectivity index (χ4n) is 2.72. The molecule has 0 spiro atoms. The summed E-state index contributed by atoms with van der Waals surface area (Å²) in [5.74, 6) is 0.658. The number of hydrogen-bond donors (Lipinski definition) is 1. The van der Waals surface area contributed by atoms with Crippen LogP contribution in [0.15, 0.2) is 24.3 Å². The summed E-state index contributed by atoms with van der Waals surface area (Å²) >= 11 is 0. The maximum Gasteiger partial charge on any atom is 0.123 e. The number of piperidine rings is 1. The van der Waals surface area contributed by atoms with Gasteiger partial charge in [0.2, 0.25) is 0 Å². The van der Waals surface area contributed by atoms with Crippen molar-refractivity contribution < 1.29 is 4.39 Å². The minimum absolute atomic E-state index is 0.139. The monoisotopic (exact) mass is 264 g/mol. The van der Waals surface area contributed by atoms with Crippen molar-refractivity contribution in [3.05, 3.63) is 35.6 Å². The molecule has 1 fully saturated rings. The zero-order valence-electron chi connectivity index (χ0n) is 12.0. The molecule has 0 aliphatic carbocycles. The van der Waals surface area contributed by atoms with Crippen molar-refractivity contribution in [1.82, 2.24) is 10.2 Å². The van der Waals surface area contributed by atoms with E-state index in [4.69, 9.17) is 0 Å². The quantitative estimate of drug-likeness (QED) is 0.879. The summed E-state index contributed by atoms with van der Waals surface area (Å²) in [6, 6.07) is 7.32. The van der Waals surface area contributed by atoms with Gasteiger partial charge in [0, 0.05) is 6.04 Å². The number of hydrogen-bond acceptors (Lipinski definition) is 2. The van der Waals surface area contributed by atoms with E-state index in [-0.39, 0.29) is 5.82 Å². The highest BCUT2D eigenvalue weighted by molar-refractivity contribution is 5.17. The second-order valence-corrected chi connectivity index (χ2v) is 5.89. The van der Waals surface area contributed by atoms with Crippen LogP contribution in [-0.2, 0) is 6.42 Å². The molecule has 0 saturated carbocycles. The van der Waals surface area contributed by atoms with Crippen molar-refractivity contribution in [3.63, 3.8) is 0 Å². The lowest BCUT2D eigenvalue weighted by molar-refractivity contribution is 0.213. The van der Waals surface area contributed by atoms with Crippen LogP contribution in [0.4, 0.5) is 4.39 Å². The zero-order chi connectivity index (χ0) is 13.7. The average molecular weight is 264 g/mol. The molecule has 1 unspecified atom stereocenters. The summed E-state index contributed by atoms with van der Waals surface area (Å²) < 4.78 is 13.1. The Bertz CT molecular complexity index is 386. The van der Waals surface area contributed by atoms with Crippen LogP contribution in [0.1, 0.15) is 25.3 Å². The lowest BCUT2D eigenvalue weighted by atomic mass is 9.96. The van der Waals surface area contributed by atoms with Crippen LogP contribution in [0.25, 0.3) is 0 Å². The van der Waals surface area contributed by atoms with Crippen molar-refractivity contribution in [2.45, 2.75) is 32.2 Å². The predicted octanol–water partition coefficient (Wildman–Crippen LogP) is 2.69. The third-order valence-corrected chi connectivity index (χ3v) is 4.02. The number of likely N-dealkylation sites (tertiary alicyclic amines) is 1. The molecule has 106 valence electrons. The molecule has 1 atom stereocenters. The third-order valence-electron chi connectivity index (χ3n) is 4.02. The zero-order valence-corrected chi connectivity index (χ0v) is 12.0. The molecule has 2 nitrogen and oxygen atoms in total. The van der Waals surface area contributed by atoms with E-state index >= 15 is 0 Å². The van der Waals surface area contributed by atoms with Crippen molar-refractivity contribution in [2.24, 2.45) is 5.92 Å². The van der Waals surface area contributed by atoms with E-state index in [1.165, 1.54) is 32.0 Å². The molecule has 0 bridgehead atoms. The van der Waals surface area contributed by atoms with Gasteiger partial charge in [-0.2, -0.15) is 0 Å². The summed E-state index contributed by atoms with van der Waals surface area (Å²) in [7, 11) is 2.19. The molecule has 1 aliphatic rings. The fraction of sp³-hybridized carbons (Fsp3) is 0.625. The van der Waals surface area contributed by atoms with Crippen LogP contribution in [0, 0.1) is 11.7 Å². The Labute approximate surface area is 116 Å². The molecular formula is C16H25FN2. The highest BCUT2D eigenvalue weighted by Crippen LogP contribution is 2.15. The molecule has 1 aromatic rings. The van der Waals surface area contributed by atoms with Gasteiger partial charge in [-0.05, 0) is 76.5 Å². The second kappa shape index (κ2) is 7.01. The average Bonchev–Trinajstić information content (AvgIpc) is 2.38. The van der Waals surface area contributed by atoms with Crippen molar-refractivity contribution in [3.8, 4) is 0 Å². The summed E-state index contributed by atoms with van der Waals surface area (Å²) in [5.41, 5.74) is 1.07. The van der Waals surface area contributed by atoms with Gasteiger partial charge in [0.05, 0.1) is 0 Å². The van der Waals surface area contributed by atoms with Gasteiger partial charge in [0.1, 0.15) is 5.82 Å². The Morgan fingerprint density at radius 1 is 1.37 bits per heavy atom. The van der Waals surface area contributed by atoms with Gasteiger partial charge in [-0.15, -0.1) is 0 Å². The molecule has 1 saturated heterocycles. The first kappa shape index (κ1) is 14.5. The van der Waals surface area contributed by atoms with E-state index in [0.717, 1.165) is 24.4 Å². The molecule has 2 rings (SSSR count). The number of rotatable bonds is 5. The molecule has 0 radical (unpaired) electrons. The first-order chi connectivity index (χ1) is 9.13. The SMILES string of the molecule is CC(Cc1cccc(F)c1)NCC1CCN(C)CC1. The van der Waals surface area contributed by atoms with Crippen LogP contribution in [-0.4, -0.2) is 37.6 Å². The molecule has 0 amide bonds. The first-order valence-electron chi connectivity index (χ1n) is 7.30. The molecular weight excluding hydrogens is 239 g/mol. The maximum absolute atomic E-state index is 13.1. The summed E-state index contributed by atoms with van der Waals surface area (Å²) in [6.45, 7) is 5.69. The van der Waals surface area contributed by atoms with E-state index in [1.54, 1.807) is 12.1 Å². The van der Waals surface area contributed by atoms with Gasteiger partial charge >= 0.3 is 0 Å². The van der Waals surface area contributed by atoms with Gasteiger partial charge < -0.3 is 10.2 Å². The molecule has 19 heavy (non-hydrogen) atoms. The molecule has 1 aromatic carbocycles. The van der Waals surface area contributed by atoms with Crippen molar-refractivity contribution in [2.75, 3.05) is 26.7 Å². The minimum Gasteiger partial charge on any atom is -0.314 e. The van der Waals surface area contributed by atoms with Crippen LogP contribution in [0.2, 0.25) is 0 Å². The maximum atomic E-state index is 13.1. The largest absolute Gasteiger partial charge is 0.314 e. The molecule has 1 aliphatic heterocycles. The molecule has 1 heterocycles. The van der Waals surface area contributed by atoms with E-state index in [0.29, 0.717) is 6.04 Å². The van der Waals surface area contributed by atoms with E-state index in [9.17, 15) is 4.39 Å². The Kier molecular flexibility index (Phi) is 5.34. The van der Waals surface area contributed by atoms with Gasteiger partial charge in [-0.1, -0.05) is 12.1 Å². The highest BCUT2D eigenvalue weighted by Gasteiger charge is 2.17. The second-order valence-electron chi connectivity index (χ2n) is 5.89. The summed E-state index contributed by atoms with van der Waals surface area (Å²) in [6.07, 6.45) is 3.47. The third kappa shape index (κ3) is 4.92. The highest BCUT2D eigenvalue weighted by atomic mass is 19.1. The van der Waals surface area contributed by atoms with Crippen molar-refractivity contribution in [1.29, 1.82) is 0 Å². The molecule has 0 aromatic heterocycles. The van der Waals surface area contributed by atoms with Gasteiger partial charge in [0.15, 0.2) is 0 Å². The topological polar surface area (TPSA) is 15.3 Å². The summed E-state index contributed by atoms with van der Waals surface area (Å²) in [4.78, 5) is 2.40. The Morgan fingerprint density at radius 2 is 2.11 bits per heavy atom. The Morgan fingerprint density at radius 3 is 2.79 bits per heavy atom. The van der Waals surface area contributed by atoms with E-state index in [1.807, 2.05) is 6.07 Å². The van der Waals surface area contributed by atoms with E-state index < -0.39 is 0 Å². The Hall–Kier alpha value is -0.930. The van der Waals surface area contributed by atoms with Crippen LogP contribution < -0.4 is 5.32 Å². The Balaban J connectivity index is 1.71. The lowest BCUT2D eigenvalue weighted by Gasteiger charge is -2.30. The predicted molar refractivity (Wildman–Crippen MR) is 77.8 cm³/mol. The molecule has 1 N–H and O–H groups in total. The van der Waals surface area contributed by atoms with Gasteiger partial charge in [-0.25, -0.2) is 4.39 Å². The first-order valence-corrected chi connectivity index (χ1v) is 7.30. The smallest absolute Gasteiger partial charge is 0.123 e. The van der Waals surface area contributed by atoms with Crippen molar-refractivity contribution >= 4 is 0 Å². The number of halogens is 1. The standard InChI is InChI=1S/C16H25FN2/c1-13(10-15-4-3-5-16(17)11-15)18-12-14-6-8-19(2)9-7-14/h3-5,11,13-14,18H,6-10,12H2,1-2H3. The number of nitrogens with one attached hydrogen (secondary N) is 1. The number of benzene rings is 1. The summed E-state index contributed by atoms with van der Waals surface area (Å²) in [5, 5.41) is 3.59. The van der Waals surface area contributed by atoms with Gasteiger partial charge in [-0.3, -0.25) is 0 Å². The van der Waals surface area contributed by atoms with E-state index in [2.05, 4.69) is 24.2 Å². The van der Waals surface area contributed by atoms with Gasteiger partial charge in [0.25, 0.3) is 0 Å².